The lowest BCUT2D eigenvalue weighted by Gasteiger charge is -2.31. The van der Waals surface area contributed by atoms with Crippen LogP contribution in [0.25, 0.3) is 5.65 Å². The van der Waals surface area contributed by atoms with Crippen LogP contribution in [0.15, 0.2) is 23.8 Å². The fourth-order valence-corrected chi connectivity index (χ4v) is 4.98. The molecule has 0 aliphatic carbocycles. The number of likely N-dealkylation sites (tertiary alicyclic amines) is 1. The number of piperidine rings is 1. The van der Waals surface area contributed by atoms with Crippen molar-refractivity contribution in [3.05, 3.63) is 40.2 Å². The molecule has 0 saturated carbocycles. The van der Waals surface area contributed by atoms with Crippen LogP contribution >= 0.6 is 11.3 Å². The summed E-state index contributed by atoms with van der Waals surface area (Å²) in [5, 5.41) is 12.0. The van der Waals surface area contributed by atoms with E-state index in [2.05, 4.69) is 40.0 Å². The number of aromatic nitrogens is 4. The Kier molecular flexibility index (Phi) is 7.87. The fraction of sp³-hybridized carbons (Fsp3) is 0.545. The third-order valence-electron chi connectivity index (χ3n) is 6.03. The first-order valence-corrected chi connectivity index (χ1v) is 12.2. The van der Waals surface area contributed by atoms with Gasteiger partial charge in [-0.25, -0.2) is 19.3 Å². The minimum atomic E-state index is -5.08. The number of hydrogen-bond donors (Lipinski definition) is 1. The van der Waals surface area contributed by atoms with Crippen molar-refractivity contribution < 1.29 is 27.8 Å². The second-order valence-electron chi connectivity index (χ2n) is 8.50. The van der Waals surface area contributed by atoms with Gasteiger partial charge in [0.25, 0.3) is 0 Å². The number of ether oxygens (including phenoxy) is 1. The Morgan fingerprint density at radius 1 is 1.26 bits per heavy atom. The molecule has 3 aromatic heterocycles. The molecule has 0 aromatic carbocycles. The van der Waals surface area contributed by atoms with E-state index in [1.165, 1.54) is 17.0 Å². The van der Waals surface area contributed by atoms with Gasteiger partial charge in [-0.2, -0.15) is 18.3 Å². The van der Waals surface area contributed by atoms with Gasteiger partial charge in [-0.3, -0.25) is 4.90 Å². The third kappa shape index (κ3) is 6.47. The van der Waals surface area contributed by atoms with Crippen LogP contribution in [0.4, 0.5) is 18.9 Å². The van der Waals surface area contributed by atoms with E-state index in [9.17, 15) is 13.2 Å². The molecule has 3 aromatic rings. The van der Waals surface area contributed by atoms with Crippen LogP contribution < -0.4 is 4.90 Å². The Labute approximate surface area is 204 Å². The van der Waals surface area contributed by atoms with Gasteiger partial charge in [-0.05, 0) is 38.4 Å². The summed E-state index contributed by atoms with van der Waals surface area (Å²) < 4.78 is 39.1. The summed E-state index contributed by atoms with van der Waals surface area (Å²) in [6.07, 6.45) is -0.624. The lowest BCUT2D eigenvalue weighted by atomic mass is 9.97. The molecular weight excluding hydrogens is 485 g/mol. The largest absolute Gasteiger partial charge is 0.490 e. The van der Waals surface area contributed by atoms with E-state index >= 15 is 0 Å². The number of alkyl halides is 3. The van der Waals surface area contributed by atoms with Gasteiger partial charge in [0.1, 0.15) is 0 Å². The number of carbonyl (C=O) groups is 1. The first-order chi connectivity index (χ1) is 16.7. The number of halogens is 3. The number of aryl methyl sites for hydroxylation is 1. The van der Waals surface area contributed by atoms with E-state index in [0.29, 0.717) is 5.92 Å². The summed E-state index contributed by atoms with van der Waals surface area (Å²) in [6.45, 7) is 8.69. The first kappa shape index (κ1) is 25.3. The number of anilines is 1. The van der Waals surface area contributed by atoms with Gasteiger partial charge in [0.2, 0.25) is 0 Å². The minimum absolute atomic E-state index is 0.397. The number of carboxylic acid groups (broad SMARTS) is 1. The van der Waals surface area contributed by atoms with Crippen LogP contribution in [-0.2, 0) is 16.1 Å². The Morgan fingerprint density at radius 2 is 2.00 bits per heavy atom. The van der Waals surface area contributed by atoms with Crippen molar-refractivity contribution >= 4 is 28.6 Å². The molecule has 5 rings (SSSR count). The zero-order valence-corrected chi connectivity index (χ0v) is 20.1. The van der Waals surface area contributed by atoms with Gasteiger partial charge < -0.3 is 14.7 Å². The number of thiazole rings is 1. The molecule has 1 N–H and O–H groups in total. The van der Waals surface area contributed by atoms with Gasteiger partial charge >= 0.3 is 12.1 Å². The molecule has 0 spiro atoms. The number of fused-ring (bicyclic) bond motifs is 1. The maximum Gasteiger partial charge on any atom is 0.490 e. The van der Waals surface area contributed by atoms with Crippen molar-refractivity contribution in [1.29, 1.82) is 0 Å². The quantitative estimate of drug-likeness (QED) is 0.569. The Balaban J connectivity index is 0.000000364. The first-order valence-electron chi connectivity index (χ1n) is 11.3. The molecule has 0 bridgehead atoms. The van der Waals surface area contributed by atoms with E-state index in [1.54, 1.807) is 11.3 Å². The molecular formula is C22H27F3N6O3S. The summed E-state index contributed by atoms with van der Waals surface area (Å²) in [5.74, 6) is -1.38. The van der Waals surface area contributed by atoms with Crippen LogP contribution in [0.5, 0.6) is 0 Å². The SMILES string of the molecule is Cc1ncsc1CN1CCCC(c2nc3ccc(N4CCOCC4)cn3n2)C1.O=C(O)C(F)(F)F. The molecule has 1 atom stereocenters. The van der Waals surface area contributed by atoms with Crippen molar-refractivity contribution in [2.75, 3.05) is 44.3 Å². The van der Waals surface area contributed by atoms with Crippen LogP contribution in [-0.4, -0.2) is 81.1 Å². The molecule has 2 fully saturated rings. The summed E-state index contributed by atoms with van der Waals surface area (Å²) in [7, 11) is 0. The Hall–Kier alpha value is -2.77. The standard InChI is InChI=1S/C20H26N6OS.C2HF3O2/c1-15-18(28-14-21-15)13-24-6-2-3-16(11-24)20-22-19-5-4-17(12-26(19)23-20)25-7-9-27-10-8-25;3-2(4,5)1(6)7/h4-5,12,14,16H,2-3,6-11,13H2,1H3;(H,6,7). The lowest BCUT2D eigenvalue weighted by Crippen LogP contribution is -2.36. The Morgan fingerprint density at radius 3 is 2.66 bits per heavy atom. The number of nitrogens with zero attached hydrogens (tertiary/aromatic N) is 6. The van der Waals surface area contributed by atoms with E-state index in [1.807, 2.05) is 10.0 Å². The van der Waals surface area contributed by atoms with E-state index < -0.39 is 12.1 Å². The number of pyridine rings is 1. The monoisotopic (exact) mass is 512 g/mol. The van der Waals surface area contributed by atoms with Crippen LogP contribution in [0.2, 0.25) is 0 Å². The zero-order valence-electron chi connectivity index (χ0n) is 19.2. The number of rotatable bonds is 4. The molecule has 9 nitrogen and oxygen atoms in total. The highest BCUT2D eigenvalue weighted by Crippen LogP contribution is 2.28. The molecule has 190 valence electrons. The fourth-order valence-electron chi connectivity index (χ4n) is 4.16. The molecule has 5 heterocycles. The van der Waals surface area contributed by atoms with Gasteiger partial charge in [-0.15, -0.1) is 11.3 Å². The number of carboxylic acids is 1. The summed E-state index contributed by atoms with van der Waals surface area (Å²) in [6, 6.07) is 4.24. The van der Waals surface area contributed by atoms with Crippen LogP contribution in [0.3, 0.4) is 0 Å². The molecule has 13 heteroatoms. The van der Waals surface area contributed by atoms with Crippen LogP contribution in [0.1, 0.15) is 35.2 Å². The van der Waals surface area contributed by atoms with Crippen molar-refractivity contribution in [2.45, 2.75) is 38.4 Å². The van der Waals surface area contributed by atoms with E-state index in [4.69, 9.17) is 24.7 Å². The summed E-state index contributed by atoms with van der Waals surface area (Å²) >= 11 is 1.76. The van der Waals surface area contributed by atoms with Gasteiger partial charge in [0, 0.05) is 37.0 Å². The molecule has 2 saturated heterocycles. The van der Waals surface area contributed by atoms with Crippen LogP contribution in [0, 0.1) is 6.92 Å². The predicted molar refractivity (Wildman–Crippen MR) is 124 cm³/mol. The topological polar surface area (TPSA) is 96.1 Å². The Bertz CT molecular complexity index is 1150. The normalized spacial score (nSPS) is 19.4. The molecule has 2 aliphatic rings. The third-order valence-corrected chi connectivity index (χ3v) is 6.95. The summed E-state index contributed by atoms with van der Waals surface area (Å²) in [4.78, 5) is 24.4. The number of hydrogen-bond acceptors (Lipinski definition) is 8. The van der Waals surface area contributed by atoms with Crippen molar-refractivity contribution in [1.82, 2.24) is 24.5 Å². The second kappa shape index (κ2) is 10.9. The average Bonchev–Trinajstić information content (AvgIpc) is 3.45. The molecule has 1 unspecified atom stereocenters. The minimum Gasteiger partial charge on any atom is -0.475 e. The molecule has 0 radical (unpaired) electrons. The number of aliphatic carboxylic acids is 1. The molecule has 0 amide bonds. The van der Waals surface area contributed by atoms with Crippen molar-refractivity contribution in [2.24, 2.45) is 0 Å². The highest BCUT2D eigenvalue weighted by Gasteiger charge is 2.38. The summed E-state index contributed by atoms with van der Waals surface area (Å²) in [5.41, 5.74) is 5.23. The second-order valence-corrected chi connectivity index (χ2v) is 9.44. The number of morpholine rings is 1. The molecule has 35 heavy (non-hydrogen) atoms. The lowest BCUT2D eigenvalue weighted by molar-refractivity contribution is -0.192. The zero-order chi connectivity index (χ0) is 25.0. The highest BCUT2D eigenvalue weighted by molar-refractivity contribution is 7.09. The van der Waals surface area contributed by atoms with Gasteiger partial charge in [-0.1, -0.05) is 0 Å². The highest BCUT2D eigenvalue weighted by atomic mass is 32.1. The van der Waals surface area contributed by atoms with E-state index in [-0.39, 0.29) is 0 Å². The van der Waals surface area contributed by atoms with Gasteiger partial charge in [0.05, 0.1) is 36.3 Å². The maximum absolute atomic E-state index is 10.6. The maximum atomic E-state index is 10.6. The van der Waals surface area contributed by atoms with Gasteiger partial charge in [0.15, 0.2) is 11.5 Å². The van der Waals surface area contributed by atoms with Crippen molar-refractivity contribution in [3.63, 3.8) is 0 Å². The van der Waals surface area contributed by atoms with E-state index in [0.717, 1.165) is 69.5 Å². The molecule has 2 aliphatic heterocycles. The smallest absolute Gasteiger partial charge is 0.475 e. The average molecular weight is 513 g/mol. The predicted octanol–water partition coefficient (Wildman–Crippen LogP) is 3.34. The van der Waals surface area contributed by atoms with Crippen molar-refractivity contribution in [3.8, 4) is 0 Å².